The van der Waals surface area contributed by atoms with Crippen molar-refractivity contribution in [3.8, 4) is 0 Å². The van der Waals surface area contributed by atoms with Gasteiger partial charge >= 0.3 is 48.9 Å². The van der Waals surface area contributed by atoms with Crippen LogP contribution in [0.4, 0.5) is 0 Å². The van der Waals surface area contributed by atoms with Crippen LogP contribution in [-0.4, -0.2) is 62.2 Å². The van der Waals surface area contributed by atoms with E-state index in [9.17, 15) is 0 Å². The zero-order chi connectivity index (χ0) is 4.50. The van der Waals surface area contributed by atoms with E-state index in [1.54, 1.807) is 0 Å². The topological polar surface area (TPSA) is 63.2 Å². The molecule has 0 heterocycles. The Morgan fingerprint density at radius 2 is 1.50 bits per heavy atom. The molecular weight excluding hydrogens is 249 g/mol. The van der Waals surface area contributed by atoms with Crippen molar-refractivity contribution in [2.45, 2.75) is 0 Å². The summed E-state index contributed by atoms with van der Waals surface area (Å²) in [6.45, 7) is 0. The first-order valence-corrected chi connectivity index (χ1v) is 3.00. The predicted molar refractivity (Wildman–Crippen MR) is 22.8 cm³/mol. The monoisotopic (exact) mass is 250 g/mol. The second-order valence-corrected chi connectivity index (χ2v) is 2.45. The first-order chi connectivity index (χ1) is 2.00. The van der Waals surface area contributed by atoms with Crippen molar-refractivity contribution >= 4 is 69.1 Å². The van der Waals surface area contributed by atoms with Crippen LogP contribution in [0, 0.1) is 0 Å². The summed E-state index contributed by atoms with van der Waals surface area (Å²) in [6.07, 6.45) is 0. The van der Waals surface area contributed by atoms with Gasteiger partial charge in [-0.2, -0.15) is 0 Å². The maximum atomic E-state index is 8.89. The fourth-order valence-electron chi connectivity index (χ4n) is 0. The molecule has 0 aliphatic rings. The van der Waals surface area contributed by atoms with Gasteiger partial charge in [-0.25, -0.2) is 0 Å². The molecule has 0 N–H and O–H groups in total. The second kappa shape index (κ2) is 3.81. The smallest absolute Gasteiger partial charge is 0.780 e. The predicted octanol–water partition coefficient (Wildman–Crippen LogP) is -1.39. The van der Waals surface area contributed by atoms with Gasteiger partial charge < -0.3 is 9.11 Å². The molecule has 0 saturated carbocycles. The fraction of sp³-hybridized carbons (Fsp3) is 0. The number of hydrogen-bond acceptors (Lipinski definition) is 4. The molecule has 0 amide bonds. The molecule has 32 valence electrons. The summed E-state index contributed by atoms with van der Waals surface area (Å²) in [4.78, 5) is 0. The van der Waals surface area contributed by atoms with Crippen LogP contribution in [0.1, 0.15) is 0 Å². The standard InChI is InChI=1S/Ba.H2O3S2/c;1-5(2,3)4/h;(H2,1,2,3,4)/q+2;/p-2. The third-order valence-electron chi connectivity index (χ3n) is 0. The van der Waals surface area contributed by atoms with Gasteiger partial charge in [-0.3, -0.25) is 4.21 Å². The van der Waals surface area contributed by atoms with E-state index in [1.165, 1.54) is 0 Å². The third-order valence-corrected chi connectivity index (χ3v) is 0. The Bertz CT molecular complexity index is 92.0. The molecular formula is BaO3S2. The SMILES string of the molecule is O=S([O-])([O-])=S.[Ba+2]. The molecule has 0 aliphatic heterocycles. The van der Waals surface area contributed by atoms with Crippen LogP contribution in [-0.2, 0) is 20.2 Å². The average molecular weight is 249 g/mol. The molecule has 0 unspecified atom stereocenters. The normalized spacial score (nSPS) is 9.67. The summed E-state index contributed by atoms with van der Waals surface area (Å²) in [5.41, 5.74) is 0. The maximum absolute atomic E-state index is 8.89. The van der Waals surface area contributed by atoms with Crippen LogP contribution in [0.25, 0.3) is 0 Å². The van der Waals surface area contributed by atoms with E-state index in [0.717, 1.165) is 0 Å². The van der Waals surface area contributed by atoms with Crippen molar-refractivity contribution < 1.29 is 13.3 Å². The van der Waals surface area contributed by atoms with Gasteiger partial charge in [-0.1, -0.05) is 0 Å². The molecule has 0 saturated heterocycles. The molecule has 0 atom stereocenters. The molecule has 0 bridgehead atoms. The average Bonchev–Trinajstić information content (AvgIpc) is 0.722. The van der Waals surface area contributed by atoms with Crippen molar-refractivity contribution in [2.24, 2.45) is 0 Å². The number of hydrogen-bond donors (Lipinski definition) is 0. The first-order valence-electron chi connectivity index (χ1n) is 0.667. The second-order valence-electron chi connectivity index (χ2n) is 0.408. The van der Waals surface area contributed by atoms with Crippen LogP contribution < -0.4 is 0 Å². The van der Waals surface area contributed by atoms with Gasteiger partial charge in [-0.05, 0) is 11.2 Å². The van der Waals surface area contributed by atoms with Gasteiger partial charge in [0.15, 0.2) is 0 Å². The zero-order valence-corrected chi connectivity index (χ0v) is 8.82. The minimum Gasteiger partial charge on any atom is -0.780 e. The van der Waals surface area contributed by atoms with Gasteiger partial charge in [0.1, 0.15) is 0 Å². The van der Waals surface area contributed by atoms with Crippen molar-refractivity contribution in [1.82, 2.24) is 0 Å². The van der Waals surface area contributed by atoms with Crippen molar-refractivity contribution in [1.29, 1.82) is 0 Å². The van der Waals surface area contributed by atoms with Gasteiger partial charge in [0.25, 0.3) is 0 Å². The molecule has 0 aromatic rings. The van der Waals surface area contributed by atoms with Crippen molar-refractivity contribution in [3.63, 3.8) is 0 Å². The quantitative estimate of drug-likeness (QED) is 0.496. The minimum atomic E-state index is -4.33. The molecule has 0 radical (unpaired) electrons. The summed E-state index contributed by atoms with van der Waals surface area (Å²) >= 11 is 3.24. The van der Waals surface area contributed by atoms with Gasteiger partial charge in [-0.15, -0.1) is 9.05 Å². The minimum absolute atomic E-state index is 0. The van der Waals surface area contributed by atoms with E-state index in [1.807, 2.05) is 0 Å². The Kier molecular flexibility index (Phi) is 6.85. The van der Waals surface area contributed by atoms with E-state index >= 15 is 0 Å². The van der Waals surface area contributed by atoms with Crippen molar-refractivity contribution in [2.75, 3.05) is 0 Å². The molecule has 0 aromatic heterocycles. The Morgan fingerprint density at radius 3 is 1.50 bits per heavy atom. The number of rotatable bonds is 0. The molecule has 0 fully saturated rings. The molecule has 0 rings (SSSR count). The Morgan fingerprint density at radius 1 is 1.50 bits per heavy atom. The molecule has 0 aromatic carbocycles. The summed E-state index contributed by atoms with van der Waals surface area (Å²) in [7, 11) is -4.33. The summed E-state index contributed by atoms with van der Waals surface area (Å²) in [5.74, 6) is 0. The van der Waals surface area contributed by atoms with Crippen LogP contribution in [0.15, 0.2) is 0 Å². The van der Waals surface area contributed by atoms with E-state index in [4.69, 9.17) is 13.3 Å². The van der Waals surface area contributed by atoms with Crippen molar-refractivity contribution in [3.05, 3.63) is 0 Å². The zero-order valence-electron chi connectivity index (χ0n) is 2.75. The third kappa shape index (κ3) is 40.0. The van der Waals surface area contributed by atoms with Gasteiger partial charge in [0.05, 0.1) is 0 Å². The summed E-state index contributed by atoms with van der Waals surface area (Å²) in [5, 5.41) is 0. The maximum Gasteiger partial charge on any atom is 2.00 e. The van der Waals surface area contributed by atoms with Gasteiger partial charge in [0.2, 0.25) is 0 Å². The van der Waals surface area contributed by atoms with Crippen LogP contribution in [0.5, 0.6) is 0 Å². The van der Waals surface area contributed by atoms with E-state index < -0.39 is 9.05 Å². The van der Waals surface area contributed by atoms with E-state index in [0.29, 0.717) is 0 Å². The molecule has 6 heavy (non-hydrogen) atoms. The van der Waals surface area contributed by atoms with Crippen LogP contribution >= 0.6 is 0 Å². The first kappa shape index (κ1) is 10.8. The molecule has 3 nitrogen and oxygen atoms in total. The van der Waals surface area contributed by atoms with E-state index in [-0.39, 0.29) is 48.9 Å². The van der Waals surface area contributed by atoms with Gasteiger partial charge in [0, 0.05) is 0 Å². The largest absolute Gasteiger partial charge is 2.00 e. The fourth-order valence-corrected chi connectivity index (χ4v) is 0. The molecule has 0 spiro atoms. The molecule has 0 aliphatic carbocycles. The van der Waals surface area contributed by atoms with Crippen LogP contribution in [0.3, 0.4) is 0 Å². The molecule has 6 heteroatoms. The summed E-state index contributed by atoms with van der Waals surface area (Å²) in [6, 6.07) is 0. The Balaban J connectivity index is 0. The summed E-state index contributed by atoms with van der Waals surface area (Å²) < 4.78 is 26.7. The van der Waals surface area contributed by atoms with E-state index in [2.05, 4.69) is 11.2 Å². The Labute approximate surface area is 80.9 Å². The Hall–Kier alpha value is 1.86. The van der Waals surface area contributed by atoms with Crippen LogP contribution in [0.2, 0.25) is 0 Å².